The summed E-state index contributed by atoms with van der Waals surface area (Å²) in [5.41, 5.74) is 6.26. The molecule has 0 amide bonds. The van der Waals surface area contributed by atoms with Crippen LogP contribution in [0, 0.1) is 0 Å². The molecule has 0 saturated heterocycles. The Morgan fingerprint density at radius 1 is 0.917 bits per heavy atom. The Balaban J connectivity index is 1.79. The molecular formula is C22H20OS. The predicted molar refractivity (Wildman–Crippen MR) is 102 cm³/mol. The third kappa shape index (κ3) is 2.46. The molecule has 1 heterocycles. The maximum Gasteiger partial charge on any atom is 0.199 e. The highest BCUT2D eigenvalue weighted by Gasteiger charge is 2.43. The highest BCUT2D eigenvalue weighted by atomic mass is 32.2. The zero-order chi connectivity index (χ0) is 16.7. The van der Waals surface area contributed by atoms with Crippen molar-refractivity contribution in [3.05, 3.63) is 87.3 Å². The molecule has 1 nitrogen and oxygen atoms in total. The van der Waals surface area contributed by atoms with E-state index in [1.807, 2.05) is 30.3 Å². The van der Waals surface area contributed by atoms with Gasteiger partial charge in [0.05, 0.1) is 9.65 Å². The molecule has 0 radical (unpaired) electrons. The van der Waals surface area contributed by atoms with Crippen LogP contribution in [0.2, 0.25) is 0 Å². The molecule has 0 atom stereocenters. The summed E-state index contributed by atoms with van der Waals surface area (Å²) < 4.78 is -0.0146. The Labute approximate surface area is 147 Å². The molecule has 24 heavy (non-hydrogen) atoms. The van der Waals surface area contributed by atoms with Crippen LogP contribution < -0.4 is 0 Å². The fraction of sp³-hybridized carbons (Fsp3) is 0.227. The fourth-order valence-electron chi connectivity index (χ4n) is 3.80. The van der Waals surface area contributed by atoms with Crippen molar-refractivity contribution in [3.63, 3.8) is 0 Å². The standard InChI is InChI=1S/C22H20OS/c1-15-13-22(14-16(15)2)19-11-7-6-10-18(19)12-20(24-22)21(23)17-8-4-3-5-9-17/h3-12H,13-14H2,1-2H3. The van der Waals surface area contributed by atoms with E-state index in [2.05, 4.69) is 44.2 Å². The van der Waals surface area contributed by atoms with Gasteiger partial charge in [0, 0.05) is 5.56 Å². The minimum Gasteiger partial charge on any atom is -0.288 e. The maximum absolute atomic E-state index is 13.0. The molecule has 1 spiro atoms. The van der Waals surface area contributed by atoms with E-state index in [1.165, 1.54) is 22.3 Å². The summed E-state index contributed by atoms with van der Waals surface area (Å²) in [5, 5.41) is 0. The number of benzene rings is 2. The molecular weight excluding hydrogens is 312 g/mol. The first-order valence-electron chi connectivity index (χ1n) is 8.34. The van der Waals surface area contributed by atoms with Crippen LogP contribution in [0.25, 0.3) is 6.08 Å². The summed E-state index contributed by atoms with van der Waals surface area (Å²) in [7, 11) is 0. The van der Waals surface area contributed by atoms with E-state index in [0.717, 1.165) is 23.3 Å². The van der Waals surface area contributed by atoms with Crippen LogP contribution >= 0.6 is 11.8 Å². The lowest BCUT2D eigenvalue weighted by molar-refractivity contribution is 0.104. The van der Waals surface area contributed by atoms with Crippen LogP contribution in [-0.4, -0.2) is 5.78 Å². The summed E-state index contributed by atoms with van der Waals surface area (Å²) >= 11 is 1.76. The molecule has 0 unspecified atom stereocenters. The van der Waals surface area contributed by atoms with E-state index in [1.54, 1.807) is 11.8 Å². The van der Waals surface area contributed by atoms with Crippen LogP contribution in [0.5, 0.6) is 0 Å². The van der Waals surface area contributed by atoms with E-state index >= 15 is 0 Å². The SMILES string of the molecule is CC1=C(C)CC2(C1)SC(C(=O)c1ccccc1)=Cc1ccccc12. The summed E-state index contributed by atoms with van der Waals surface area (Å²) in [6.45, 7) is 4.45. The number of thioether (sulfide) groups is 1. The Bertz CT molecular complexity index is 860. The van der Waals surface area contributed by atoms with Gasteiger partial charge >= 0.3 is 0 Å². The van der Waals surface area contributed by atoms with Crippen LogP contribution in [0.15, 0.2) is 70.6 Å². The lowest BCUT2D eigenvalue weighted by atomic mass is 9.89. The minimum absolute atomic E-state index is 0.0146. The van der Waals surface area contributed by atoms with Crippen LogP contribution in [0.3, 0.4) is 0 Å². The van der Waals surface area contributed by atoms with Gasteiger partial charge in [-0.3, -0.25) is 4.79 Å². The third-order valence-corrected chi connectivity index (χ3v) is 6.56. The summed E-state index contributed by atoms with van der Waals surface area (Å²) in [6, 6.07) is 18.2. The van der Waals surface area contributed by atoms with Crippen LogP contribution in [0.4, 0.5) is 0 Å². The molecule has 0 fully saturated rings. The molecule has 120 valence electrons. The van der Waals surface area contributed by atoms with Gasteiger partial charge in [0.25, 0.3) is 0 Å². The average Bonchev–Trinajstić information content (AvgIpc) is 2.89. The van der Waals surface area contributed by atoms with Gasteiger partial charge in [-0.2, -0.15) is 0 Å². The maximum atomic E-state index is 13.0. The van der Waals surface area contributed by atoms with Crippen molar-refractivity contribution < 1.29 is 4.79 Å². The van der Waals surface area contributed by atoms with Gasteiger partial charge in [-0.15, -0.1) is 11.8 Å². The third-order valence-electron chi connectivity index (χ3n) is 5.13. The van der Waals surface area contributed by atoms with Crippen LogP contribution in [0.1, 0.15) is 48.2 Å². The molecule has 2 heteroatoms. The fourth-order valence-corrected chi connectivity index (χ4v) is 5.49. The van der Waals surface area contributed by atoms with Gasteiger partial charge in [-0.25, -0.2) is 0 Å². The zero-order valence-corrected chi connectivity index (χ0v) is 14.8. The number of allylic oxidation sites excluding steroid dienone is 3. The van der Waals surface area contributed by atoms with Crippen molar-refractivity contribution in [2.75, 3.05) is 0 Å². The van der Waals surface area contributed by atoms with Gasteiger partial charge in [0.1, 0.15) is 0 Å². The van der Waals surface area contributed by atoms with Crippen molar-refractivity contribution in [1.82, 2.24) is 0 Å². The number of hydrogen-bond donors (Lipinski definition) is 0. The normalized spacial score (nSPS) is 18.5. The first-order valence-corrected chi connectivity index (χ1v) is 9.16. The van der Waals surface area contributed by atoms with Gasteiger partial charge in [0.15, 0.2) is 5.78 Å². The number of ketones is 1. The van der Waals surface area contributed by atoms with Crippen molar-refractivity contribution in [1.29, 1.82) is 0 Å². The average molecular weight is 332 g/mol. The van der Waals surface area contributed by atoms with E-state index in [4.69, 9.17) is 0 Å². The van der Waals surface area contributed by atoms with Gasteiger partial charge in [0.2, 0.25) is 0 Å². The van der Waals surface area contributed by atoms with E-state index < -0.39 is 0 Å². The lowest BCUT2D eigenvalue weighted by Gasteiger charge is -2.35. The molecule has 1 aliphatic heterocycles. The number of carbonyl (C=O) groups is 1. The number of rotatable bonds is 2. The number of hydrogen-bond acceptors (Lipinski definition) is 2. The highest BCUT2D eigenvalue weighted by Crippen LogP contribution is 2.58. The Morgan fingerprint density at radius 3 is 2.25 bits per heavy atom. The van der Waals surface area contributed by atoms with Crippen molar-refractivity contribution in [2.24, 2.45) is 0 Å². The summed E-state index contributed by atoms with van der Waals surface area (Å²) in [5.74, 6) is 0.136. The molecule has 0 N–H and O–H groups in total. The molecule has 1 aliphatic carbocycles. The Kier molecular flexibility index (Phi) is 3.73. The van der Waals surface area contributed by atoms with E-state index in [0.29, 0.717) is 0 Å². The Hall–Kier alpha value is -2.06. The molecule has 0 bridgehead atoms. The lowest BCUT2D eigenvalue weighted by Crippen LogP contribution is -2.24. The van der Waals surface area contributed by atoms with E-state index in [-0.39, 0.29) is 10.5 Å². The zero-order valence-electron chi connectivity index (χ0n) is 14.0. The van der Waals surface area contributed by atoms with Crippen LogP contribution in [-0.2, 0) is 4.75 Å². The van der Waals surface area contributed by atoms with Gasteiger partial charge in [-0.1, -0.05) is 65.7 Å². The molecule has 2 aromatic carbocycles. The Morgan fingerprint density at radius 2 is 1.54 bits per heavy atom. The monoisotopic (exact) mass is 332 g/mol. The highest BCUT2D eigenvalue weighted by molar-refractivity contribution is 8.05. The predicted octanol–water partition coefficient (Wildman–Crippen LogP) is 5.98. The van der Waals surface area contributed by atoms with Crippen molar-refractivity contribution >= 4 is 23.6 Å². The van der Waals surface area contributed by atoms with Crippen molar-refractivity contribution in [2.45, 2.75) is 31.4 Å². The second kappa shape index (κ2) is 5.78. The molecule has 4 rings (SSSR count). The second-order valence-corrected chi connectivity index (χ2v) is 8.23. The number of Topliss-reactive ketones (excluding diaryl/α,β-unsaturated/α-hetero) is 1. The molecule has 0 saturated carbocycles. The largest absolute Gasteiger partial charge is 0.288 e. The topological polar surface area (TPSA) is 17.1 Å². The minimum atomic E-state index is -0.0146. The van der Waals surface area contributed by atoms with Crippen molar-refractivity contribution in [3.8, 4) is 0 Å². The van der Waals surface area contributed by atoms with E-state index in [9.17, 15) is 4.79 Å². The first kappa shape index (κ1) is 15.5. The molecule has 2 aliphatic rings. The molecule has 2 aromatic rings. The number of fused-ring (bicyclic) bond motifs is 2. The first-order chi connectivity index (χ1) is 11.6. The van der Waals surface area contributed by atoms with Gasteiger partial charge < -0.3 is 0 Å². The number of carbonyl (C=O) groups excluding carboxylic acids is 1. The second-order valence-electron chi connectivity index (χ2n) is 6.80. The summed E-state index contributed by atoms with van der Waals surface area (Å²) in [4.78, 5) is 13.9. The smallest absolute Gasteiger partial charge is 0.199 e. The van der Waals surface area contributed by atoms with Gasteiger partial charge in [-0.05, 0) is 43.9 Å². The quantitative estimate of drug-likeness (QED) is 0.497. The summed E-state index contributed by atoms with van der Waals surface area (Å²) in [6.07, 6.45) is 4.13. The molecule has 0 aromatic heterocycles.